The van der Waals surface area contributed by atoms with E-state index < -0.39 is 0 Å². The van der Waals surface area contributed by atoms with Crippen LogP contribution >= 0.6 is 11.3 Å². The maximum Gasteiger partial charge on any atom is 0.190 e. The predicted octanol–water partition coefficient (Wildman–Crippen LogP) is 3.36. The molecule has 4 heteroatoms. The zero-order valence-electron chi connectivity index (χ0n) is 10.8. The Bertz CT molecular complexity index is 496. The molecule has 0 amide bonds. The zero-order chi connectivity index (χ0) is 13.0. The highest BCUT2D eigenvalue weighted by atomic mass is 32.1. The van der Waals surface area contributed by atoms with Crippen molar-refractivity contribution in [1.82, 2.24) is 4.98 Å². The van der Waals surface area contributed by atoms with Crippen molar-refractivity contribution in [3.05, 3.63) is 40.9 Å². The second-order valence-electron chi connectivity index (χ2n) is 4.17. The van der Waals surface area contributed by atoms with Crippen LogP contribution in [0.5, 0.6) is 0 Å². The number of hydrogen-bond donors (Lipinski definition) is 1. The molecular formula is C14H18N2OS. The Labute approximate surface area is 112 Å². The molecule has 1 aromatic heterocycles. The first-order valence-electron chi connectivity index (χ1n) is 6.14. The summed E-state index contributed by atoms with van der Waals surface area (Å²) in [4.78, 5) is 7.67. The maximum atomic E-state index is 9.36. The van der Waals surface area contributed by atoms with Crippen molar-refractivity contribution < 1.29 is 5.11 Å². The van der Waals surface area contributed by atoms with Crippen LogP contribution in [-0.4, -0.2) is 17.1 Å². The number of thiazole rings is 1. The number of hydrogen-bond acceptors (Lipinski definition) is 4. The third-order valence-electron chi connectivity index (χ3n) is 2.83. The van der Waals surface area contributed by atoms with Gasteiger partial charge in [0.15, 0.2) is 5.13 Å². The highest BCUT2D eigenvalue weighted by Gasteiger charge is 2.13. The Kier molecular flexibility index (Phi) is 4.33. The summed E-state index contributed by atoms with van der Waals surface area (Å²) in [5, 5.41) is 10.3. The fourth-order valence-corrected chi connectivity index (χ4v) is 2.78. The van der Waals surface area contributed by atoms with Crippen LogP contribution in [0, 0.1) is 0 Å². The third kappa shape index (κ3) is 2.71. The minimum absolute atomic E-state index is 0.0790. The van der Waals surface area contributed by atoms with Gasteiger partial charge in [-0.2, -0.15) is 0 Å². The van der Waals surface area contributed by atoms with Crippen LogP contribution < -0.4 is 4.90 Å². The highest BCUT2D eigenvalue weighted by molar-refractivity contribution is 7.15. The van der Waals surface area contributed by atoms with Gasteiger partial charge >= 0.3 is 0 Å². The smallest absolute Gasteiger partial charge is 0.190 e. The van der Waals surface area contributed by atoms with Crippen LogP contribution in [0.25, 0.3) is 0 Å². The van der Waals surface area contributed by atoms with E-state index in [1.54, 1.807) is 11.3 Å². The quantitative estimate of drug-likeness (QED) is 0.897. The normalized spacial score (nSPS) is 10.6. The molecule has 0 unspecified atom stereocenters. The minimum atomic E-state index is 0.0790. The molecule has 0 aliphatic heterocycles. The van der Waals surface area contributed by atoms with Crippen molar-refractivity contribution in [3.8, 4) is 0 Å². The van der Waals surface area contributed by atoms with E-state index >= 15 is 0 Å². The zero-order valence-corrected chi connectivity index (χ0v) is 11.6. The molecular weight excluding hydrogens is 244 g/mol. The fraction of sp³-hybridized carbons (Fsp3) is 0.357. The lowest BCUT2D eigenvalue weighted by molar-refractivity contribution is 0.284. The number of para-hydroxylation sites is 1. The van der Waals surface area contributed by atoms with Crippen molar-refractivity contribution in [2.75, 3.05) is 11.9 Å². The topological polar surface area (TPSA) is 36.4 Å². The van der Waals surface area contributed by atoms with Crippen LogP contribution in [0.4, 0.5) is 10.8 Å². The first-order valence-corrected chi connectivity index (χ1v) is 6.96. The summed E-state index contributed by atoms with van der Waals surface area (Å²) in [5.74, 6) is 0. The number of benzene rings is 1. The molecule has 0 aliphatic rings. The van der Waals surface area contributed by atoms with Gasteiger partial charge < -0.3 is 10.0 Å². The van der Waals surface area contributed by atoms with Gasteiger partial charge in [-0.25, -0.2) is 4.98 Å². The van der Waals surface area contributed by atoms with Crippen molar-refractivity contribution in [1.29, 1.82) is 0 Å². The number of anilines is 2. The van der Waals surface area contributed by atoms with Gasteiger partial charge in [0.25, 0.3) is 0 Å². The summed E-state index contributed by atoms with van der Waals surface area (Å²) in [5.41, 5.74) is 2.14. The molecule has 1 heterocycles. The number of aliphatic hydroxyl groups excluding tert-OH is 1. The molecule has 2 rings (SSSR count). The summed E-state index contributed by atoms with van der Waals surface area (Å²) >= 11 is 1.57. The Morgan fingerprint density at radius 1 is 1.28 bits per heavy atom. The molecule has 18 heavy (non-hydrogen) atoms. The van der Waals surface area contributed by atoms with Gasteiger partial charge in [0.1, 0.15) is 0 Å². The number of aryl methyl sites for hydroxylation is 1. The van der Waals surface area contributed by atoms with E-state index in [2.05, 4.69) is 28.9 Å². The SMILES string of the molecule is CCCc1nc(N(C)c2ccccc2)sc1CO. The summed E-state index contributed by atoms with van der Waals surface area (Å²) < 4.78 is 0. The Hall–Kier alpha value is -1.39. The monoisotopic (exact) mass is 262 g/mol. The molecule has 96 valence electrons. The van der Waals surface area contributed by atoms with Crippen LogP contribution in [0.1, 0.15) is 23.9 Å². The molecule has 0 bridgehead atoms. The lowest BCUT2D eigenvalue weighted by Crippen LogP contribution is -2.08. The van der Waals surface area contributed by atoms with Crippen molar-refractivity contribution >= 4 is 22.2 Å². The summed E-state index contributed by atoms with van der Waals surface area (Å²) in [7, 11) is 2.01. The molecule has 0 radical (unpaired) electrons. The van der Waals surface area contributed by atoms with E-state index in [1.807, 2.05) is 25.2 Å². The molecule has 0 aliphatic carbocycles. The molecule has 0 fully saturated rings. The molecule has 3 nitrogen and oxygen atoms in total. The van der Waals surface area contributed by atoms with E-state index in [1.165, 1.54) is 0 Å². The summed E-state index contributed by atoms with van der Waals surface area (Å²) in [6, 6.07) is 10.1. The first-order chi connectivity index (χ1) is 8.76. The van der Waals surface area contributed by atoms with Gasteiger partial charge in [0.2, 0.25) is 0 Å². The van der Waals surface area contributed by atoms with Crippen LogP contribution in [0.15, 0.2) is 30.3 Å². The minimum Gasteiger partial charge on any atom is -0.391 e. The van der Waals surface area contributed by atoms with Crippen molar-refractivity contribution in [2.45, 2.75) is 26.4 Å². The maximum absolute atomic E-state index is 9.36. The van der Waals surface area contributed by atoms with Gasteiger partial charge in [-0.3, -0.25) is 0 Å². The molecule has 0 saturated carbocycles. The van der Waals surface area contributed by atoms with Crippen molar-refractivity contribution in [2.24, 2.45) is 0 Å². The Morgan fingerprint density at radius 2 is 2.00 bits per heavy atom. The number of aromatic nitrogens is 1. The van der Waals surface area contributed by atoms with E-state index in [0.29, 0.717) is 0 Å². The Balaban J connectivity index is 2.28. The molecule has 0 spiro atoms. The lowest BCUT2D eigenvalue weighted by atomic mass is 10.2. The summed E-state index contributed by atoms with van der Waals surface area (Å²) in [6.45, 7) is 2.21. The molecule has 1 N–H and O–H groups in total. The largest absolute Gasteiger partial charge is 0.391 e. The van der Waals surface area contributed by atoms with Gasteiger partial charge in [-0.1, -0.05) is 42.9 Å². The van der Waals surface area contributed by atoms with Crippen LogP contribution in [0.3, 0.4) is 0 Å². The lowest BCUT2D eigenvalue weighted by Gasteiger charge is -2.15. The third-order valence-corrected chi connectivity index (χ3v) is 3.99. The Morgan fingerprint density at radius 3 is 2.61 bits per heavy atom. The van der Waals surface area contributed by atoms with Crippen LogP contribution in [0.2, 0.25) is 0 Å². The van der Waals surface area contributed by atoms with Crippen molar-refractivity contribution in [3.63, 3.8) is 0 Å². The average molecular weight is 262 g/mol. The standard InChI is InChI=1S/C14H18N2OS/c1-3-7-12-13(10-17)18-14(15-12)16(2)11-8-5-4-6-9-11/h4-6,8-9,17H,3,7,10H2,1-2H3. The number of aliphatic hydroxyl groups is 1. The van der Waals surface area contributed by atoms with E-state index in [0.717, 1.165) is 34.2 Å². The summed E-state index contributed by atoms with van der Waals surface area (Å²) in [6.07, 6.45) is 1.97. The second kappa shape index (κ2) is 5.98. The molecule has 0 atom stereocenters. The van der Waals surface area contributed by atoms with Gasteiger partial charge in [0, 0.05) is 12.7 Å². The van der Waals surface area contributed by atoms with Gasteiger partial charge in [-0.05, 0) is 18.6 Å². The average Bonchev–Trinajstić information content (AvgIpc) is 2.82. The van der Waals surface area contributed by atoms with E-state index in [4.69, 9.17) is 0 Å². The van der Waals surface area contributed by atoms with Gasteiger partial charge in [0.05, 0.1) is 17.2 Å². The first kappa shape index (κ1) is 13.1. The number of rotatable bonds is 5. The molecule has 0 saturated heterocycles. The number of nitrogens with zero attached hydrogens (tertiary/aromatic N) is 2. The fourth-order valence-electron chi connectivity index (χ4n) is 1.83. The van der Waals surface area contributed by atoms with E-state index in [9.17, 15) is 5.11 Å². The molecule has 1 aromatic carbocycles. The predicted molar refractivity (Wildman–Crippen MR) is 76.5 cm³/mol. The van der Waals surface area contributed by atoms with Gasteiger partial charge in [-0.15, -0.1) is 0 Å². The highest BCUT2D eigenvalue weighted by Crippen LogP contribution is 2.30. The molecule has 2 aromatic rings. The van der Waals surface area contributed by atoms with Crippen LogP contribution in [-0.2, 0) is 13.0 Å². The van der Waals surface area contributed by atoms with E-state index in [-0.39, 0.29) is 6.61 Å². The second-order valence-corrected chi connectivity index (χ2v) is 5.23.